The van der Waals surface area contributed by atoms with Gasteiger partial charge < -0.3 is 0 Å². The summed E-state index contributed by atoms with van der Waals surface area (Å²) in [5.74, 6) is 2.25. The summed E-state index contributed by atoms with van der Waals surface area (Å²) in [5.41, 5.74) is 4.12. The van der Waals surface area contributed by atoms with E-state index in [1.54, 1.807) is 5.57 Å². The van der Waals surface area contributed by atoms with E-state index in [-0.39, 0.29) is 0 Å². The molecule has 0 aromatic rings. The number of halogens is 1. The van der Waals surface area contributed by atoms with Gasteiger partial charge in [0.15, 0.2) is 0 Å². The third kappa shape index (κ3) is 3.41. The lowest BCUT2D eigenvalue weighted by atomic mass is 9.52. The molecule has 0 saturated heterocycles. The fraction of sp³-hybridized carbons (Fsp3) is 0.800. The Morgan fingerprint density at radius 2 is 2.10 bits per heavy atom. The molecule has 0 radical (unpaired) electrons. The van der Waals surface area contributed by atoms with E-state index in [0.29, 0.717) is 16.7 Å². The van der Waals surface area contributed by atoms with Crippen molar-refractivity contribution in [2.24, 2.45) is 22.7 Å². The van der Waals surface area contributed by atoms with Crippen molar-refractivity contribution >= 4 is 11.6 Å². The van der Waals surface area contributed by atoms with Crippen LogP contribution in [0.1, 0.15) is 73.1 Å². The zero-order valence-electron chi connectivity index (χ0n) is 14.6. The van der Waals surface area contributed by atoms with E-state index >= 15 is 0 Å². The van der Waals surface area contributed by atoms with Crippen LogP contribution in [-0.2, 0) is 0 Å². The minimum Gasteiger partial charge on any atom is -0.122 e. The molecular formula is C20H33Cl. The van der Waals surface area contributed by atoms with E-state index in [4.69, 9.17) is 11.6 Å². The van der Waals surface area contributed by atoms with Crippen molar-refractivity contribution in [1.82, 2.24) is 0 Å². The molecule has 2 aliphatic rings. The molecule has 0 unspecified atom stereocenters. The Balaban J connectivity index is 2.21. The second-order valence-electron chi connectivity index (χ2n) is 8.34. The highest BCUT2D eigenvalue weighted by Crippen LogP contribution is 2.58. The Labute approximate surface area is 137 Å². The third-order valence-electron chi connectivity index (χ3n) is 6.55. The summed E-state index contributed by atoms with van der Waals surface area (Å²) in [6, 6.07) is 0. The molecule has 1 saturated carbocycles. The van der Waals surface area contributed by atoms with Gasteiger partial charge in [-0.3, -0.25) is 0 Å². The molecule has 120 valence electrons. The van der Waals surface area contributed by atoms with E-state index in [0.717, 1.165) is 11.8 Å². The van der Waals surface area contributed by atoms with Crippen LogP contribution in [0.5, 0.6) is 0 Å². The summed E-state index contributed by atoms with van der Waals surface area (Å²) >= 11 is 5.84. The van der Waals surface area contributed by atoms with Gasteiger partial charge in [-0.15, -0.1) is 11.6 Å². The molecule has 0 N–H and O–H groups in total. The predicted molar refractivity (Wildman–Crippen MR) is 94.8 cm³/mol. The van der Waals surface area contributed by atoms with Crippen LogP contribution in [0.25, 0.3) is 0 Å². The molecule has 0 aromatic heterocycles. The van der Waals surface area contributed by atoms with Crippen LogP contribution < -0.4 is 0 Å². The molecule has 0 bridgehead atoms. The zero-order valence-corrected chi connectivity index (χ0v) is 15.4. The quantitative estimate of drug-likeness (QED) is 0.398. The summed E-state index contributed by atoms with van der Waals surface area (Å²) in [6.45, 7) is 12.2. The largest absolute Gasteiger partial charge is 0.122 e. The topological polar surface area (TPSA) is 0 Å². The smallest absolute Gasteiger partial charge is 0.0406 e. The molecule has 0 aliphatic heterocycles. The molecule has 3 atom stereocenters. The minimum atomic E-state index is 0.422. The number of hydrogen-bond acceptors (Lipinski definition) is 0. The first-order chi connectivity index (χ1) is 9.81. The maximum absolute atomic E-state index is 5.84. The molecule has 1 heteroatoms. The third-order valence-corrected chi connectivity index (χ3v) is 6.70. The molecule has 0 spiro atoms. The maximum Gasteiger partial charge on any atom is 0.0406 e. The van der Waals surface area contributed by atoms with Gasteiger partial charge in [-0.1, -0.05) is 57.4 Å². The normalized spacial score (nSPS) is 36.1. The summed E-state index contributed by atoms with van der Waals surface area (Å²) in [4.78, 5) is 0. The Hall–Kier alpha value is -0.230. The molecule has 0 heterocycles. The van der Waals surface area contributed by atoms with Crippen molar-refractivity contribution in [3.63, 3.8) is 0 Å². The van der Waals surface area contributed by atoms with E-state index < -0.39 is 0 Å². The molecule has 21 heavy (non-hydrogen) atoms. The summed E-state index contributed by atoms with van der Waals surface area (Å²) in [7, 11) is 0. The average Bonchev–Trinajstić information content (AvgIpc) is 2.41. The van der Waals surface area contributed by atoms with E-state index in [1.165, 1.54) is 44.1 Å². The second-order valence-corrected chi connectivity index (χ2v) is 8.64. The van der Waals surface area contributed by atoms with Gasteiger partial charge in [-0.2, -0.15) is 0 Å². The van der Waals surface area contributed by atoms with Gasteiger partial charge in [0.25, 0.3) is 0 Å². The minimum absolute atomic E-state index is 0.422. The van der Waals surface area contributed by atoms with Gasteiger partial charge in [-0.25, -0.2) is 0 Å². The van der Waals surface area contributed by atoms with E-state index in [2.05, 4.69) is 46.8 Å². The maximum atomic E-state index is 5.84. The standard InChI is InChI=1S/C20H33Cl/c1-15(11-14-21)10-13-20(5)16(2)8-9-17-18(20)7-6-12-19(17,3)4/h9,11,16,18H,6-8,10,12-14H2,1-5H3/b15-11+/t16-,18+,20+/m0/s1. The monoisotopic (exact) mass is 308 g/mol. The van der Waals surface area contributed by atoms with Gasteiger partial charge in [-0.05, 0) is 61.7 Å². The highest BCUT2D eigenvalue weighted by atomic mass is 35.5. The van der Waals surface area contributed by atoms with Gasteiger partial charge >= 0.3 is 0 Å². The number of allylic oxidation sites excluding steroid dienone is 4. The van der Waals surface area contributed by atoms with Crippen molar-refractivity contribution in [3.05, 3.63) is 23.3 Å². The Morgan fingerprint density at radius 1 is 1.38 bits per heavy atom. The molecule has 1 fully saturated rings. The second kappa shape index (κ2) is 6.49. The number of rotatable bonds is 4. The highest BCUT2D eigenvalue weighted by molar-refractivity contribution is 6.18. The van der Waals surface area contributed by atoms with Gasteiger partial charge in [0, 0.05) is 5.88 Å². The highest BCUT2D eigenvalue weighted by Gasteiger charge is 2.47. The molecule has 0 nitrogen and oxygen atoms in total. The van der Waals surface area contributed by atoms with Crippen LogP contribution in [0.3, 0.4) is 0 Å². The van der Waals surface area contributed by atoms with Crippen LogP contribution in [0.4, 0.5) is 0 Å². The first kappa shape index (κ1) is 17.1. The molecule has 2 rings (SSSR count). The molecule has 0 aromatic carbocycles. The van der Waals surface area contributed by atoms with Crippen molar-refractivity contribution in [1.29, 1.82) is 0 Å². The fourth-order valence-electron chi connectivity index (χ4n) is 4.66. The van der Waals surface area contributed by atoms with Crippen LogP contribution in [0.2, 0.25) is 0 Å². The Bertz CT molecular complexity index is 429. The summed E-state index contributed by atoms with van der Waals surface area (Å²) < 4.78 is 0. The average molecular weight is 309 g/mol. The Kier molecular flexibility index (Phi) is 5.29. The van der Waals surface area contributed by atoms with E-state index in [1.807, 2.05) is 0 Å². The number of hydrogen-bond donors (Lipinski definition) is 0. The lowest BCUT2D eigenvalue weighted by Crippen LogP contribution is -2.43. The zero-order chi connectivity index (χ0) is 15.7. The van der Waals surface area contributed by atoms with Gasteiger partial charge in [0.1, 0.15) is 0 Å². The summed E-state index contributed by atoms with van der Waals surface area (Å²) in [5, 5.41) is 0. The first-order valence-corrected chi connectivity index (χ1v) is 9.27. The first-order valence-electron chi connectivity index (χ1n) is 8.73. The van der Waals surface area contributed by atoms with Crippen LogP contribution in [0, 0.1) is 22.7 Å². The number of alkyl halides is 1. The van der Waals surface area contributed by atoms with Gasteiger partial charge in [0.2, 0.25) is 0 Å². The Morgan fingerprint density at radius 3 is 2.76 bits per heavy atom. The summed E-state index contributed by atoms with van der Waals surface area (Å²) in [6.07, 6.45) is 12.7. The lowest BCUT2D eigenvalue weighted by molar-refractivity contribution is 0.0584. The van der Waals surface area contributed by atoms with Crippen LogP contribution >= 0.6 is 11.6 Å². The van der Waals surface area contributed by atoms with Crippen molar-refractivity contribution in [2.45, 2.75) is 73.1 Å². The van der Waals surface area contributed by atoms with Gasteiger partial charge in [0.05, 0.1) is 0 Å². The van der Waals surface area contributed by atoms with Crippen LogP contribution in [-0.4, -0.2) is 5.88 Å². The van der Waals surface area contributed by atoms with Crippen LogP contribution in [0.15, 0.2) is 23.3 Å². The fourth-order valence-corrected chi connectivity index (χ4v) is 4.92. The SMILES string of the molecule is C/C(=C\CCl)CC[C@@]1(C)[C@@H]2CCCC(C)(C)C2=CC[C@@H]1C. The molecule has 0 amide bonds. The van der Waals surface area contributed by atoms with E-state index in [9.17, 15) is 0 Å². The van der Waals surface area contributed by atoms with Crippen molar-refractivity contribution in [3.8, 4) is 0 Å². The lowest BCUT2D eigenvalue weighted by Gasteiger charge is -2.53. The predicted octanol–water partition coefficient (Wildman–Crippen LogP) is 6.75. The molecule has 2 aliphatic carbocycles. The number of fused-ring (bicyclic) bond motifs is 1. The van der Waals surface area contributed by atoms with Crippen molar-refractivity contribution < 1.29 is 0 Å². The molecular weight excluding hydrogens is 276 g/mol. The van der Waals surface area contributed by atoms with Crippen molar-refractivity contribution in [2.75, 3.05) is 5.88 Å².